The standard InChI is InChI=1S/C34H41NO4/c1-6-7-8-24-9-11-26(12-10-24)22-35(23-31(36)37)32(38)27-15-18-30-28(19-27)21-34(5,39-30)20-25-13-16-29(17-14-25)33(2,3)4/h9-19H,6-8,20-23H2,1-5H3,(H,36,37)/t34-/m0/s1. The Hall–Kier alpha value is -3.60. The lowest BCUT2D eigenvalue weighted by Crippen LogP contribution is -2.35. The summed E-state index contributed by atoms with van der Waals surface area (Å²) >= 11 is 0. The van der Waals surface area contributed by atoms with E-state index in [1.165, 1.54) is 21.6 Å². The number of aryl methyl sites for hydroxylation is 1. The number of hydrogen-bond donors (Lipinski definition) is 1. The number of carboxylic acids is 1. The number of fused-ring (bicyclic) bond motifs is 1. The van der Waals surface area contributed by atoms with Gasteiger partial charge >= 0.3 is 5.97 Å². The van der Waals surface area contributed by atoms with Crippen molar-refractivity contribution in [3.05, 3.63) is 100 Å². The maximum absolute atomic E-state index is 13.5. The van der Waals surface area contributed by atoms with Gasteiger partial charge in [0.1, 0.15) is 17.9 Å². The molecule has 0 radical (unpaired) electrons. The number of hydrogen-bond acceptors (Lipinski definition) is 3. The molecular weight excluding hydrogens is 486 g/mol. The van der Waals surface area contributed by atoms with Gasteiger partial charge in [-0.25, -0.2) is 0 Å². The molecule has 3 aromatic rings. The third kappa shape index (κ3) is 7.29. The zero-order valence-corrected chi connectivity index (χ0v) is 23.9. The minimum atomic E-state index is -1.03. The van der Waals surface area contributed by atoms with Gasteiger partial charge in [0, 0.05) is 24.9 Å². The largest absolute Gasteiger partial charge is 0.487 e. The van der Waals surface area contributed by atoms with Crippen LogP contribution in [-0.2, 0) is 36.0 Å². The van der Waals surface area contributed by atoms with Crippen molar-refractivity contribution in [2.24, 2.45) is 0 Å². The van der Waals surface area contributed by atoms with Crippen molar-refractivity contribution in [1.29, 1.82) is 0 Å². The molecule has 39 heavy (non-hydrogen) atoms. The van der Waals surface area contributed by atoms with Crippen LogP contribution < -0.4 is 4.74 Å². The predicted octanol–water partition coefficient (Wildman–Crippen LogP) is 6.99. The summed E-state index contributed by atoms with van der Waals surface area (Å²) in [5, 5.41) is 9.51. The number of carbonyl (C=O) groups excluding carboxylic acids is 1. The molecule has 1 aliphatic rings. The second-order valence-corrected chi connectivity index (χ2v) is 12.1. The second-order valence-electron chi connectivity index (χ2n) is 12.1. The summed E-state index contributed by atoms with van der Waals surface area (Å²) in [7, 11) is 0. The fraction of sp³-hybridized carbons (Fsp3) is 0.412. The predicted molar refractivity (Wildman–Crippen MR) is 155 cm³/mol. The maximum atomic E-state index is 13.5. The van der Waals surface area contributed by atoms with Crippen LogP contribution in [0.25, 0.3) is 0 Å². The molecule has 0 fully saturated rings. The Morgan fingerprint density at radius 1 is 0.949 bits per heavy atom. The lowest BCUT2D eigenvalue weighted by molar-refractivity contribution is -0.137. The third-order valence-corrected chi connectivity index (χ3v) is 7.45. The van der Waals surface area contributed by atoms with E-state index in [4.69, 9.17) is 4.74 Å². The highest BCUT2D eigenvalue weighted by molar-refractivity contribution is 5.96. The summed E-state index contributed by atoms with van der Waals surface area (Å²) < 4.78 is 6.37. The Kier molecular flexibility index (Phi) is 8.48. The number of aliphatic carboxylic acids is 1. The summed E-state index contributed by atoms with van der Waals surface area (Å²) in [5.74, 6) is -0.535. The molecule has 1 amide bonds. The highest BCUT2D eigenvalue weighted by Crippen LogP contribution is 2.38. The van der Waals surface area contributed by atoms with E-state index in [1.54, 1.807) is 6.07 Å². The van der Waals surface area contributed by atoms with E-state index in [-0.39, 0.29) is 24.4 Å². The van der Waals surface area contributed by atoms with Gasteiger partial charge in [0.2, 0.25) is 0 Å². The first-order valence-electron chi connectivity index (χ1n) is 14.0. The number of amides is 1. The van der Waals surface area contributed by atoms with Gasteiger partial charge in [0.15, 0.2) is 0 Å². The van der Waals surface area contributed by atoms with Gasteiger partial charge < -0.3 is 14.7 Å². The summed E-state index contributed by atoms with van der Waals surface area (Å²) in [5.41, 5.74) is 5.84. The van der Waals surface area contributed by atoms with E-state index in [1.807, 2.05) is 24.3 Å². The molecule has 1 aliphatic heterocycles. The van der Waals surface area contributed by atoms with Crippen molar-refractivity contribution >= 4 is 11.9 Å². The fourth-order valence-corrected chi connectivity index (χ4v) is 5.27. The molecule has 5 nitrogen and oxygen atoms in total. The van der Waals surface area contributed by atoms with Crippen LogP contribution >= 0.6 is 0 Å². The Bertz CT molecular complexity index is 1300. The van der Waals surface area contributed by atoms with Crippen molar-refractivity contribution in [3.8, 4) is 5.75 Å². The Morgan fingerprint density at radius 2 is 1.59 bits per heavy atom. The first kappa shape index (κ1) is 28.4. The van der Waals surface area contributed by atoms with E-state index >= 15 is 0 Å². The van der Waals surface area contributed by atoms with Crippen LogP contribution in [0, 0.1) is 0 Å². The van der Waals surface area contributed by atoms with Crippen LogP contribution in [0.15, 0.2) is 66.7 Å². The number of carbonyl (C=O) groups is 2. The van der Waals surface area contributed by atoms with Crippen molar-refractivity contribution in [1.82, 2.24) is 4.90 Å². The zero-order valence-electron chi connectivity index (χ0n) is 23.9. The van der Waals surface area contributed by atoms with Crippen LogP contribution in [0.1, 0.15) is 85.6 Å². The van der Waals surface area contributed by atoms with Gasteiger partial charge in [-0.2, -0.15) is 0 Å². The first-order chi connectivity index (χ1) is 18.5. The van der Waals surface area contributed by atoms with E-state index in [2.05, 4.69) is 71.0 Å². The molecule has 1 atom stereocenters. The first-order valence-corrected chi connectivity index (χ1v) is 14.0. The van der Waals surface area contributed by atoms with Crippen LogP contribution in [-0.4, -0.2) is 34.0 Å². The Balaban J connectivity index is 1.47. The molecule has 0 bridgehead atoms. The van der Waals surface area contributed by atoms with Gasteiger partial charge in [-0.3, -0.25) is 9.59 Å². The molecule has 0 unspecified atom stereocenters. The Labute approximate surface area is 232 Å². The highest BCUT2D eigenvalue weighted by atomic mass is 16.5. The molecule has 206 valence electrons. The average molecular weight is 528 g/mol. The van der Waals surface area contributed by atoms with E-state index in [9.17, 15) is 14.7 Å². The molecular formula is C34H41NO4. The number of ether oxygens (including phenoxy) is 1. The van der Waals surface area contributed by atoms with Crippen molar-refractivity contribution in [2.45, 2.75) is 84.3 Å². The number of benzene rings is 3. The highest BCUT2D eigenvalue weighted by Gasteiger charge is 2.36. The van der Waals surface area contributed by atoms with Crippen molar-refractivity contribution in [3.63, 3.8) is 0 Å². The molecule has 3 aromatic carbocycles. The summed E-state index contributed by atoms with van der Waals surface area (Å²) in [6, 6.07) is 22.3. The quantitative estimate of drug-likeness (QED) is 0.309. The van der Waals surface area contributed by atoms with Crippen molar-refractivity contribution < 1.29 is 19.4 Å². The molecule has 1 N–H and O–H groups in total. The molecule has 5 heteroatoms. The molecule has 0 spiro atoms. The second kappa shape index (κ2) is 11.6. The van der Waals surface area contributed by atoms with E-state index in [0.717, 1.165) is 42.6 Å². The van der Waals surface area contributed by atoms with Gasteiger partial charge in [0.25, 0.3) is 5.91 Å². The van der Waals surface area contributed by atoms with Crippen LogP contribution in [0.4, 0.5) is 0 Å². The topological polar surface area (TPSA) is 66.8 Å². The number of carboxylic acid groups (broad SMARTS) is 1. The smallest absolute Gasteiger partial charge is 0.323 e. The van der Waals surface area contributed by atoms with Gasteiger partial charge in [0.05, 0.1) is 0 Å². The van der Waals surface area contributed by atoms with Crippen LogP contribution in [0.2, 0.25) is 0 Å². The van der Waals surface area contributed by atoms with Gasteiger partial charge in [-0.05, 0) is 71.2 Å². The molecule has 0 aliphatic carbocycles. The SMILES string of the molecule is CCCCc1ccc(CN(CC(=O)O)C(=O)c2ccc3c(c2)C[C@](C)(Cc2ccc(C(C)(C)C)cc2)O3)cc1. The van der Waals surface area contributed by atoms with Crippen LogP contribution in [0.3, 0.4) is 0 Å². The molecule has 0 aromatic heterocycles. The molecule has 4 rings (SSSR count). The summed E-state index contributed by atoms with van der Waals surface area (Å²) in [6.07, 6.45) is 4.73. The molecule has 1 heterocycles. The average Bonchev–Trinajstić information content (AvgIpc) is 3.21. The minimum absolute atomic E-state index is 0.109. The van der Waals surface area contributed by atoms with Gasteiger partial charge in [-0.1, -0.05) is 82.6 Å². The number of unbranched alkanes of at least 4 members (excludes halogenated alkanes) is 1. The molecule has 0 saturated carbocycles. The number of rotatable bonds is 10. The van der Waals surface area contributed by atoms with Crippen molar-refractivity contribution in [2.75, 3.05) is 6.54 Å². The summed E-state index contributed by atoms with van der Waals surface area (Å²) in [6.45, 7) is 10.8. The lowest BCUT2D eigenvalue weighted by Gasteiger charge is -2.25. The maximum Gasteiger partial charge on any atom is 0.323 e. The van der Waals surface area contributed by atoms with Crippen LogP contribution in [0.5, 0.6) is 5.75 Å². The third-order valence-electron chi connectivity index (χ3n) is 7.45. The van der Waals surface area contributed by atoms with E-state index in [0.29, 0.717) is 12.0 Å². The Morgan fingerprint density at radius 3 is 2.21 bits per heavy atom. The van der Waals surface area contributed by atoms with E-state index < -0.39 is 11.6 Å². The number of nitrogens with zero attached hydrogens (tertiary/aromatic N) is 1. The van der Waals surface area contributed by atoms with Gasteiger partial charge in [-0.15, -0.1) is 0 Å². The molecule has 0 saturated heterocycles. The monoisotopic (exact) mass is 527 g/mol. The zero-order chi connectivity index (χ0) is 28.2. The normalized spacial score (nSPS) is 16.4. The lowest BCUT2D eigenvalue weighted by atomic mass is 9.85. The fourth-order valence-electron chi connectivity index (χ4n) is 5.27. The minimum Gasteiger partial charge on any atom is -0.487 e. The summed E-state index contributed by atoms with van der Waals surface area (Å²) in [4.78, 5) is 26.5.